The van der Waals surface area contributed by atoms with Gasteiger partial charge in [0.25, 0.3) is 0 Å². The van der Waals surface area contributed by atoms with E-state index < -0.39 is 5.79 Å². The minimum Gasteiger partial charge on any atom is -0.497 e. The molecule has 0 aliphatic carbocycles. The fourth-order valence-corrected chi connectivity index (χ4v) is 3.26. The van der Waals surface area contributed by atoms with Crippen LogP contribution in [0.3, 0.4) is 0 Å². The molecule has 0 bridgehead atoms. The number of rotatable bonds is 4. The van der Waals surface area contributed by atoms with Crippen molar-refractivity contribution < 1.29 is 14.6 Å². The summed E-state index contributed by atoms with van der Waals surface area (Å²) in [5.41, 5.74) is 1.79. The number of benzene rings is 2. The maximum absolute atomic E-state index is 11.4. The van der Waals surface area contributed by atoms with Gasteiger partial charge in [-0.2, -0.15) is 0 Å². The van der Waals surface area contributed by atoms with Gasteiger partial charge in [0.05, 0.1) is 19.8 Å². The van der Waals surface area contributed by atoms with Crippen LogP contribution in [-0.2, 0) is 10.5 Å². The molecular formula is C19H23NO3. The molecule has 1 fully saturated rings. The highest BCUT2D eigenvalue weighted by atomic mass is 16.6. The predicted molar refractivity (Wildman–Crippen MR) is 89.3 cm³/mol. The Bertz CT molecular complexity index is 629. The second-order valence-electron chi connectivity index (χ2n) is 5.72. The van der Waals surface area contributed by atoms with Gasteiger partial charge in [-0.3, -0.25) is 4.90 Å². The molecule has 3 rings (SSSR count). The van der Waals surface area contributed by atoms with Crippen molar-refractivity contribution in [3.05, 3.63) is 65.7 Å². The lowest BCUT2D eigenvalue weighted by Crippen LogP contribution is -2.52. The Morgan fingerprint density at radius 2 is 1.87 bits per heavy atom. The standard InChI is InChI=1S/C19H23NO3/c1-3-20-13-14-23-19(21,16-9-11-17(22-2)12-10-16)18(20)15-7-5-4-6-8-15/h4-12,18,21H,3,13-14H2,1-2H3/t18-,19-/m0/s1. The van der Waals surface area contributed by atoms with Gasteiger partial charge in [-0.1, -0.05) is 37.3 Å². The molecule has 2 aromatic rings. The van der Waals surface area contributed by atoms with Gasteiger partial charge in [-0.25, -0.2) is 0 Å². The topological polar surface area (TPSA) is 41.9 Å². The Labute approximate surface area is 137 Å². The number of hydrogen-bond acceptors (Lipinski definition) is 4. The van der Waals surface area contributed by atoms with E-state index in [1.807, 2.05) is 54.6 Å². The van der Waals surface area contributed by atoms with Crippen LogP contribution in [0.25, 0.3) is 0 Å². The first-order chi connectivity index (χ1) is 11.2. The van der Waals surface area contributed by atoms with E-state index in [1.165, 1.54) is 0 Å². The zero-order chi connectivity index (χ0) is 16.3. The van der Waals surface area contributed by atoms with Gasteiger partial charge in [0.1, 0.15) is 5.75 Å². The largest absolute Gasteiger partial charge is 0.497 e. The van der Waals surface area contributed by atoms with Crippen molar-refractivity contribution in [1.29, 1.82) is 0 Å². The third-order valence-electron chi connectivity index (χ3n) is 4.46. The van der Waals surface area contributed by atoms with E-state index in [0.29, 0.717) is 6.61 Å². The van der Waals surface area contributed by atoms with Gasteiger partial charge in [-0.15, -0.1) is 0 Å². The molecule has 2 aromatic carbocycles. The van der Waals surface area contributed by atoms with Crippen LogP contribution in [-0.4, -0.2) is 36.8 Å². The second-order valence-corrected chi connectivity index (χ2v) is 5.72. The smallest absolute Gasteiger partial charge is 0.212 e. The van der Waals surface area contributed by atoms with Gasteiger partial charge < -0.3 is 14.6 Å². The number of aliphatic hydroxyl groups is 1. The molecule has 1 aliphatic heterocycles. The molecule has 0 amide bonds. The summed E-state index contributed by atoms with van der Waals surface area (Å²) in [5, 5.41) is 11.4. The van der Waals surface area contributed by atoms with Crippen LogP contribution in [0.4, 0.5) is 0 Å². The zero-order valence-corrected chi connectivity index (χ0v) is 13.6. The number of morpholine rings is 1. The molecule has 0 spiro atoms. The summed E-state index contributed by atoms with van der Waals surface area (Å²) in [4.78, 5) is 2.25. The summed E-state index contributed by atoms with van der Waals surface area (Å²) < 4.78 is 11.1. The van der Waals surface area contributed by atoms with Crippen LogP contribution in [0, 0.1) is 0 Å². The molecule has 1 saturated heterocycles. The molecule has 4 nitrogen and oxygen atoms in total. The summed E-state index contributed by atoms with van der Waals surface area (Å²) in [6.07, 6.45) is 0. The molecule has 0 aromatic heterocycles. The van der Waals surface area contributed by atoms with Gasteiger partial charge in [0.15, 0.2) is 0 Å². The summed E-state index contributed by atoms with van der Waals surface area (Å²) in [6.45, 7) is 4.26. The molecule has 1 aliphatic rings. The van der Waals surface area contributed by atoms with Gasteiger partial charge in [0.2, 0.25) is 5.79 Å². The van der Waals surface area contributed by atoms with Crippen LogP contribution in [0.1, 0.15) is 24.1 Å². The lowest BCUT2D eigenvalue weighted by molar-refractivity contribution is -0.281. The normalized spacial score (nSPS) is 25.3. The van der Waals surface area contributed by atoms with Crippen LogP contribution in [0.2, 0.25) is 0 Å². The number of hydrogen-bond donors (Lipinski definition) is 1. The third-order valence-corrected chi connectivity index (χ3v) is 4.46. The van der Waals surface area contributed by atoms with Crippen molar-refractivity contribution in [1.82, 2.24) is 4.90 Å². The SMILES string of the molecule is CCN1CCO[C@@](O)(c2ccc(OC)cc2)[C@@H]1c1ccccc1. The molecule has 2 atom stereocenters. The molecule has 1 N–H and O–H groups in total. The van der Waals surface area contributed by atoms with E-state index in [1.54, 1.807) is 7.11 Å². The van der Waals surface area contributed by atoms with Crippen molar-refractivity contribution in [2.24, 2.45) is 0 Å². The second kappa shape index (κ2) is 6.71. The third kappa shape index (κ3) is 2.98. The zero-order valence-electron chi connectivity index (χ0n) is 13.6. The Balaban J connectivity index is 2.04. The minimum absolute atomic E-state index is 0.240. The van der Waals surface area contributed by atoms with E-state index in [-0.39, 0.29) is 6.04 Å². The number of methoxy groups -OCH3 is 1. The number of ether oxygens (including phenoxy) is 2. The average Bonchev–Trinajstić information content (AvgIpc) is 2.62. The summed E-state index contributed by atoms with van der Waals surface area (Å²) >= 11 is 0. The lowest BCUT2D eigenvalue weighted by atomic mass is 9.89. The Morgan fingerprint density at radius 3 is 2.48 bits per heavy atom. The minimum atomic E-state index is -1.37. The first-order valence-electron chi connectivity index (χ1n) is 7.99. The van der Waals surface area contributed by atoms with E-state index in [4.69, 9.17) is 9.47 Å². The van der Waals surface area contributed by atoms with Gasteiger partial charge in [-0.05, 0) is 36.4 Å². The molecule has 122 valence electrons. The van der Waals surface area contributed by atoms with Crippen LogP contribution >= 0.6 is 0 Å². The fraction of sp³-hybridized carbons (Fsp3) is 0.368. The van der Waals surface area contributed by atoms with E-state index >= 15 is 0 Å². The molecule has 0 radical (unpaired) electrons. The molecule has 23 heavy (non-hydrogen) atoms. The molecule has 4 heteroatoms. The molecule has 0 unspecified atom stereocenters. The highest BCUT2D eigenvalue weighted by Gasteiger charge is 2.46. The molecule has 1 heterocycles. The van der Waals surface area contributed by atoms with Gasteiger partial charge >= 0.3 is 0 Å². The number of nitrogens with zero attached hydrogens (tertiary/aromatic N) is 1. The highest BCUT2D eigenvalue weighted by molar-refractivity contribution is 5.33. The summed E-state index contributed by atoms with van der Waals surface area (Å²) in [7, 11) is 1.63. The fourth-order valence-electron chi connectivity index (χ4n) is 3.26. The van der Waals surface area contributed by atoms with E-state index in [2.05, 4.69) is 11.8 Å². The van der Waals surface area contributed by atoms with Crippen molar-refractivity contribution in [3.8, 4) is 5.75 Å². The molecule has 0 saturated carbocycles. The summed E-state index contributed by atoms with van der Waals surface area (Å²) in [5.74, 6) is -0.612. The predicted octanol–water partition coefficient (Wildman–Crippen LogP) is 2.93. The van der Waals surface area contributed by atoms with Crippen molar-refractivity contribution in [2.45, 2.75) is 18.8 Å². The Morgan fingerprint density at radius 1 is 1.17 bits per heavy atom. The van der Waals surface area contributed by atoms with Crippen molar-refractivity contribution >= 4 is 0 Å². The number of likely N-dealkylation sites (N-methyl/N-ethyl adjacent to an activating group) is 1. The quantitative estimate of drug-likeness (QED) is 0.942. The maximum atomic E-state index is 11.4. The maximum Gasteiger partial charge on any atom is 0.212 e. The van der Waals surface area contributed by atoms with Crippen LogP contribution in [0.15, 0.2) is 54.6 Å². The van der Waals surface area contributed by atoms with Crippen LogP contribution < -0.4 is 4.74 Å². The Hall–Kier alpha value is -1.88. The Kier molecular flexibility index (Phi) is 4.66. The molecular weight excluding hydrogens is 290 g/mol. The van der Waals surface area contributed by atoms with Gasteiger partial charge in [0, 0.05) is 12.1 Å². The van der Waals surface area contributed by atoms with Crippen molar-refractivity contribution in [3.63, 3.8) is 0 Å². The monoisotopic (exact) mass is 313 g/mol. The summed E-state index contributed by atoms with van der Waals surface area (Å²) in [6, 6.07) is 17.2. The average molecular weight is 313 g/mol. The van der Waals surface area contributed by atoms with E-state index in [0.717, 1.165) is 30.0 Å². The lowest BCUT2D eigenvalue weighted by Gasteiger charge is -2.46. The highest BCUT2D eigenvalue weighted by Crippen LogP contribution is 2.43. The van der Waals surface area contributed by atoms with Crippen molar-refractivity contribution in [2.75, 3.05) is 26.8 Å². The van der Waals surface area contributed by atoms with Crippen LogP contribution in [0.5, 0.6) is 5.75 Å². The first-order valence-corrected chi connectivity index (χ1v) is 7.99. The van der Waals surface area contributed by atoms with E-state index in [9.17, 15) is 5.11 Å². The first kappa shape index (κ1) is 16.0.